The first-order valence-corrected chi connectivity index (χ1v) is 11.8. The summed E-state index contributed by atoms with van der Waals surface area (Å²) < 4.78 is 1.33. The smallest absolute Gasteiger partial charge is 0.323 e. The summed E-state index contributed by atoms with van der Waals surface area (Å²) in [6.07, 6.45) is 8.79. The molecule has 170 valence electrons. The summed E-state index contributed by atoms with van der Waals surface area (Å²) in [5.74, 6) is 1.04. The van der Waals surface area contributed by atoms with E-state index in [2.05, 4.69) is 17.6 Å². The van der Waals surface area contributed by atoms with Gasteiger partial charge < -0.3 is 21.3 Å². The predicted octanol–water partition coefficient (Wildman–Crippen LogP) is 3.65. The maximum absolute atomic E-state index is 13.3. The fourth-order valence-corrected chi connectivity index (χ4v) is 5.71. The molecule has 4 N–H and O–H groups in total. The molecule has 4 amide bonds. The van der Waals surface area contributed by atoms with Gasteiger partial charge in [-0.3, -0.25) is 9.36 Å². The van der Waals surface area contributed by atoms with E-state index in [-0.39, 0.29) is 24.0 Å². The maximum Gasteiger partial charge on any atom is 0.323 e. The summed E-state index contributed by atoms with van der Waals surface area (Å²) in [5.41, 5.74) is 6.65. The Bertz CT molecular complexity index is 1060. The molecule has 2 saturated carbocycles. The zero-order valence-electron chi connectivity index (χ0n) is 18.4. The SMILES string of the molecule is CC[C@@H]1CCC[C@H](NC(=O)[C@@H]2C[C@H]3C[C@H]3N2C(=O)Nc2cn(C(N)=O)c3ccccc23)C1. The van der Waals surface area contributed by atoms with Crippen molar-refractivity contribution in [1.82, 2.24) is 14.8 Å². The van der Waals surface area contributed by atoms with Crippen LogP contribution in [0.5, 0.6) is 0 Å². The van der Waals surface area contributed by atoms with Crippen molar-refractivity contribution in [1.29, 1.82) is 0 Å². The second-order valence-electron chi connectivity index (χ2n) is 9.57. The van der Waals surface area contributed by atoms with Crippen LogP contribution in [0, 0.1) is 11.8 Å². The number of hydrogen-bond acceptors (Lipinski definition) is 3. The molecule has 5 rings (SSSR count). The van der Waals surface area contributed by atoms with Gasteiger partial charge in [-0.2, -0.15) is 0 Å². The van der Waals surface area contributed by atoms with Gasteiger partial charge in [-0.15, -0.1) is 0 Å². The van der Waals surface area contributed by atoms with Crippen molar-refractivity contribution in [3.8, 4) is 0 Å². The summed E-state index contributed by atoms with van der Waals surface area (Å²) in [7, 11) is 0. The highest BCUT2D eigenvalue weighted by atomic mass is 16.2. The molecule has 2 heterocycles. The lowest BCUT2D eigenvalue weighted by atomic mass is 9.84. The van der Waals surface area contributed by atoms with E-state index in [1.54, 1.807) is 17.2 Å². The number of para-hydroxylation sites is 1. The lowest BCUT2D eigenvalue weighted by Gasteiger charge is -2.32. The fourth-order valence-electron chi connectivity index (χ4n) is 5.71. The number of carbonyl (C=O) groups is 3. The number of piperidine rings is 1. The number of nitrogens with zero attached hydrogens (tertiary/aromatic N) is 2. The zero-order chi connectivity index (χ0) is 22.4. The third-order valence-electron chi connectivity index (χ3n) is 7.54. The van der Waals surface area contributed by atoms with Crippen LogP contribution in [-0.4, -0.2) is 45.6 Å². The van der Waals surface area contributed by atoms with Crippen LogP contribution in [0.3, 0.4) is 0 Å². The van der Waals surface area contributed by atoms with Crippen molar-refractivity contribution in [2.24, 2.45) is 17.6 Å². The standard InChI is InChI=1S/C24H31N5O3/c1-2-14-6-5-7-16(10-14)26-22(30)21-12-15-11-20(15)29(21)24(32)27-18-13-28(23(25)31)19-9-4-3-8-17(18)19/h3-4,8-9,13-16,20-21H,2,5-7,10-12H2,1H3,(H2,25,31)(H,26,30)(H,27,32)/t14-,15-,16+,20-,21+/m1/s1. The topological polar surface area (TPSA) is 109 Å². The molecule has 0 spiro atoms. The molecule has 0 radical (unpaired) electrons. The van der Waals surface area contributed by atoms with E-state index in [4.69, 9.17) is 5.73 Å². The van der Waals surface area contributed by atoms with Crippen LogP contribution in [-0.2, 0) is 4.79 Å². The second kappa shape index (κ2) is 8.15. The molecule has 5 atom stereocenters. The average Bonchev–Trinajstić information content (AvgIpc) is 3.29. The minimum Gasteiger partial charge on any atom is -0.352 e. The summed E-state index contributed by atoms with van der Waals surface area (Å²) in [6, 6.07) is 6.26. The number of aromatic nitrogens is 1. The van der Waals surface area contributed by atoms with Crippen LogP contribution in [0.4, 0.5) is 15.3 Å². The van der Waals surface area contributed by atoms with Gasteiger partial charge in [0.25, 0.3) is 0 Å². The van der Waals surface area contributed by atoms with Gasteiger partial charge in [0, 0.05) is 23.7 Å². The highest BCUT2D eigenvalue weighted by Crippen LogP contribution is 2.48. The largest absolute Gasteiger partial charge is 0.352 e. The minimum absolute atomic E-state index is 0.0336. The quantitative estimate of drug-likeness (QED) is 0.679. The van der Waals surface area contributed by atoms with Gasteiger partial charge in [-0.1, -0.05) is 44.4 Å². The first-order valence-electron chi connectivity index (χ1n) is 11.8. The lowest BCUT2D eigenvalue weighted by molar-refractivity contribution is -0.126. The van der Waals surface area contributed by atoms with Crippen LogP contribution in [0.15, 0.2) is 30.5 Å². The number of fused-ring (bicyclic) bond motifs is 2. The van der Waals surface area contributed by atoms with Crippen molar-refractivity contribution < 1.29 is 14.4 Å². The molecule has 1 aromatic heterocycles. The number of likely N-dealkylation sites (tertiary alicyclic amines) is 1. The minimum atomic E-state index is -0.611. The van der Waals surface area contributed by atoms with Crippen LogP contribution in [0.1, 0.15) is 51.9 Å². The van der Waals surface area contributed by atoms with E-state index >= 15 is 0 Å². The highest BCUT2D eigenvalue weighted by molar-refractivity contribution is 6.05. The van der Waals surface area contributed by atoms with Gasteiger partial charge in [-0.05, 0) is 43.6 Å². The lowest BCUT2D eigenvalue weighted by Crippen LogP contribution is -2.52. The molecule has 8 nitrogen and oxygen atoms in total. The van der Waals surface area contributed by atoms with Gasteiger partial charge in [0.15, 0.2) is 0 Å². The molecule has 0 unspecified atom stereocenters. The third-order valence-corrected chi connectivity index (χ3v) is 7.54. The summed E-state index contributed by atoms with van der Waals surface area (Å²) in [4.78, 5) is 40.0. The molecule has 1 saturated heterocycles. The van der Waals surface area contributed by atoms with Crippen LogP contribution < -0.4 is 16.4 Å². The molecule has 1 aliphatic heterocycles. The number of nitrogens with one attached hydrogen (secondary N) is 2. The van der Waals surface area contributed by atoms with Crippen molar-refractivity contribution >= 4 is 34.6 Å². The molecule has 3 fully saturated rings. The Morgan fingerprint density at radius 1 is 1.12 bits per heavy atom. The van der Waals surface area contributed by atoms with Crippen LogP contribution >= 0.6 is 0 Å². The molecular weight excluding hydrogens is 406 g/mol. The molecule has 0 bridgehead atoms. The number of amides is 4. The van der Waals surface area contributed by atoms with Crippen molar-refractivity contribution in [2.45, 2.75) is 70.0 Å². The Morgan fingerprint density at radius 2 is 1.94 bits per heavy atom. The third kappa shape index (κ3) is 3.72. The number of anilines is 1. The Kier molecular flexibility index (Phi) is 5.31. The van der Waals surface area contributed by atoms with Gasteiger partial charge in [0.2, 0.25) is 5.91 Å². The summed E-state index contributed by atoms with van der Waals surface area (Å²) in [6.45, 7) is 2.21. The molecular formula is C24H31N5O3. The average molecular weight is 438 g/mol. The van der Waals surface area contributed by atoms with E-state index in [1.165, 1.54) is 11.0 Å². The van der Waals surface area contributed by atoms with Crippen molar-refractivity contribution in [3.05, 3.63) is 30.5 Å². The summed E-state index contributed by atoms with van der Waals surface area (Å²) in [5, 5.41) is 6.92. The van der Waals surface area contributed by atoms with Crippen LogP contribution in [0.2, 0.25) is 0 Å². The van der Waals surface area contributed by atoms with Gasteiger partial charge >= 0.3 is 12.1 Å². The second-order valence-corrected chi connectivity index (χ2v) is 9.57. The number of rotatable bonds is 4. The molecule has 1 aromatic carbocycles. The summed E-state index contributed by atoms with van der Waals surface area (Å²) >= 11 is 0. The van der Waals surface area contributed by atoms with Crippen molar-refractivity contribution in [2.75, 3.05) is 5.32 Å². The van der Waals surface area contributed by atoms with Gasteiger partial charge in [0.1, 0.15) is 6.04 Å². The number of nitrogens with two attached hydrogens (primary N) is 1. The molecule has 8 heteroatoms. The first kappa shape index (κ1) is 20.8. The molecule has 3 aliphatic rings. The Labute approximate surface area is 187 Å². The van der Waals surface area contributed by atoms with E-state index in [9.17, 15) is 14.4 Å². The number of benzene rings is 1. The Morgan fingerprint density at radius 3 is 2.72 bits per heavy atom. The number of carbonyl (C=O) groups excluding carboxylic acids is 3. The molecule has 2 aromatic rings. The number of hydrogen-bond donors (Lipinski definition) is 3. The van der Waals surface area contributed by atoms with E-state index in [1.807, 2.05) is 18.2 Å². The Balaban J connectivity index is 1.32. The number of primary amides is 1. The normalized spacial score (nSPS) is 28.9. The monoisotopic (exact) mass is 437 g/mol. The van der Waals surface area contributed by atoms with Crippen LogP contribution in [0.25, 0.3) is 10.9 Å². The first-order chi connectivity index (χ1) is 15.5. The van der Waals surface area contributed by atoms with Crippen molar-refractivity contribution in [3.63, 3.8) is 0 Å². The highest BCUT2D eigenvalue weighted by Gasteiger charge is 2.56. The van der Waals surface area contributed by atoms with Gasteiger partial charge in [0.05, 0.1) is 11.2 Å². The van der Waals surface area contributed by atoms with Gasteiger partial charge in [-0.25, -0.2) is 9.59 Å². The Hall–Kier alpha value is -3.03. The molecule has 32 heavy (non-hydrogen) atoms. The molecule has 2 aliphatic carbocycles. The number of urea groups is 1. The maximum atomic E-state index is 13.3. The predicted molar refractivity (Wildman–Crippen MR) is 122 cm³/mol. The van der Waals surface area contributed by atoms with E-state index in [0.717, 1.165) is 43.9 Å². The van der Waals surface area contributed by atoms with E-state index in [0.29, 0.717) is 23.0 Å². The van der Waals surface area contributed by atoms with E-state index < -0.39 is 12.1 Å². The zero-order valence-corrected chi connectivity index (χ0v) is 18.4. The fraction of sp³-hybridized carbons (Fsp3) is 0.542.